The van der Waals surface area contributed by atoms with Crippen LogP contribution in [0.1, 0.15) is 50.2 Å². The molecule has 3 heteroatoms. The molecule has 2 aliphatic heterocycles. The average Bonchev–Trinajstić information content (AvgIpc) is 2.64. The molecule has 0 bridgehead atoms. The largest absolute Gasteiger partial charge is 0.508 e. The number of carbonyl (C=O) groups excluding carboxylic acids is 1. The molecule has 0 aromatic heterocycles. The fourth-order valence-corrected chi connectivity index (χ4v) is 4.92. The highest BCUT2D eigenvalue weighted by molar-refractivity contribution is 5.85. The van der Waals surface area contributed by atoms with E-state index in [4.69, 9.17) is 0 Å². The van der Waals surface area contributed by atoms with Crippen LogP contribution in [0, 0.1) is 5.92 Å². The van der Waals surface area contributed by atoms with Crippen molar-refractivity contribution in [2.75, 3.05) is 6.54 Å². The summed E-state index contributed by atoms with van der Waals surface area (Å²) in [4.78, 5) is 15.3. The first-order valence-corrected chi connectivity index (χ1v) is 9.64. The van der Waals surface area contributed by atoms with Crippen LogP contribution in [0.25, 0.3) is 0 Å². The fraction of sp³-hybridized carbons (Fsp3) is 0.435. The van der Waals surface area contributed by atoms with Gasteiger partial charge in [-0.2, -0.15) is 0 Å². The maximum absolute atomic E-state index is 13.2. The van der Waals surface area contributed by atoms with Gasteiger partial charge >= 0.3 is 0 Å². The van der Waals surface area contributed by atoms with Crippen LogP contribution in [0.5, 0.6) is 5.75 Å². The summed E-state index contributed by atoms with van der Waals surface area (Å²) in [7, 11) is 0. The minimum absolute atomic E-state index is 0.00442. The van der Waals surface area contributed by atoms with Crippen LogP contribution in [0.3, 0.4) is 0 Å². The number of hydrogen-bond acceptors (Lipinski definition) is 2. The van der Waals surface area contributed by atoms with E-state index in [1.165, 1.54) is 5.56 Å². The Morgan fingerprint density at radius 3 is 2.58 bits per heavy atom. The SMILES string of the molecule is C[C@H]1CN2C(=O)[C@H](c3ccccc3)CC[C@H]2C[C@@]1(C)c1cccc(O)c1. The fourth-order valence-electron chi connectivity index (χ4n) is 4.92. The molecule has 0 aliphatic carbocycles. The zero-order valence-electron chi connectivity index (χ0n) is 15.6. The highest BCUT2D eigenvalue weighted by Gasteiger charge is 2.47. The van der Waals surface area contributed by atoms with E-state index in [1.54, 1.807) is 6.07 Å². The van der Waals surface area contributed by atoms with Crippen molar-refractivity contribution in [3.8, 4) is 5.75 Å². The second kappa shape index (κ2) is 6.46. The molecule has 2 heterocycles. The van der Waals surface area contributed by atoms with Gasteiger partial charge in [-0.3, -0.25) is 4.79 Å². The molecule has 2 aliphatic rings. The van der Waals surface area contributed by atoms with E-state index in [0.29, 0.717) is 17.7 Å². The third-order valence-corrected chi connectivity index (χ3v) is 6.74. The van der Waals surface area contributed by atoms with Gasteiger partial charge in [-0.25, -0.2) is 0 Å². The van der Waals surface area contributed by atoms with E-state index < -0.39 is 0 Å². The Labute approximate surface area is 155 Å². The van der Waals surface area contributed by atoms with Crippen molar-refractivity contribution in [1.29, 1.82) is 0 Å². The van der Waals surface area contributed by atoms with Gasteiger partial charge in [-0.05, 0) is 53.9 Å². The first-order chi connectivity index (χ1) is 12.5. The third-order valence-electron chi connectivity index (χ3n) is 6.74. The molecule has 1 N–H and O–H groups in total. The summed E-state index contributed by atoms with van der Waals surface area (Å²) in [6, 6.07) is 18.1. The number of piperidine rings is 2. The molecule has 0 unspecified atom stereocenters. The lowest BCUT2D eigenvalue weighted by Crippen LogP contribution is -2.57. The number of phenolic OH excluding ortho intramolecular Hbond substituents is 1. The first kappa shape index (κ1) is 17.1. The predicted molar refractivity (Wildman–Crippen MR) is 103 cm³/mol. The summed E-state index contributed by atoms with van der Waals surface area (Å²) in [5.74, 6) is 0.961. The van der Waals surface area contributed by atoms with Crippen molar-refractivity contribution in [3.05, 3.63) is 65.7 Å². The van der Waals surface area contributed by atoms with Crippen LogP contribution in [0.4, 0.5) is 0 Å². The van der Waals surface area contributed by atoms with E-state index in [9.17, 15) is 9.90 Å². The monoisotopic (exact) mass is 349 g/mol. The number of aromatic hydroxyl groups is 1. The average molecular weight is 349 g/mol. The van der Waals surface area contributed by atoms with Crippen LogP contribution in [0.15, 0.2) is 54.6 Å². The number of rotatable bonds is 2. The van der Waals surface area contributed by atoms with Crippen LogP contribution < -0.4 is 0 Å². The number of amides is 1. The summed E-state index contributed by atoms with van der Waals surface area (Å²) >= 11 is 0. The second-order valence-electron chi connectivity index (χ2n) is 8.26. The van der Waals surface area contributed by atoms with E-state index >= 15 is 0 Å². The topological polar surface area (TPSA) is 40.5 Å². The van der Waals surface area contributed by atoms with Crippen molar-refractivity contribution in [2.45, 2.75) is 50.5 Å². The Morgan fingerprint density at radius 1 is 1.08 bits per heavy atom. The molecular formula is C23H27NO2. The van der Waals surface area contributed by atoms with Crippen molar-refractivity contribution in [1.82, 2.24) is 4.90 Å². The van der Waals surface area contributed by atoms with E-state index in [-0.39, 0.29) is 17.2 Å². The molecule has 2 aromatic carbocycles. The third kappa shape index (κ3) is 2.80. The first-order valence-electron chi connectivity index (χ1n) is 9.64. The summed E-state index contributed by atoms with van der Waals surface area (Å²) in [5, 5.41) is 9.92. The van der Waals surface area contributed by atoms with Gasteiger partial charge in [0.1, 0.15) is 5.75 Å². The molecule has 2 fully saturated rings. The van der Waals surface area contributed by atoms with Crippen molar-refractivity contribution in [3.63, 3.8) is 0 Å². The van der Waals surface area contributed by atoms with Gasteiger partial charge in [-0.1, -0.05) is 56.3 Å². The molecule has 4 atom stereocenters. The van der Waals surface area contributed by atoms with E-state index in [0.717, 1.165) is 31.4 Å². The molecule has 136 valence electrons. The Hall–Kier alpha value is -2.29. The van der Waals surface area contributed by atoms with Crippen LogP contribution >= 0.6 is 0 Å². The van der Waals surface area contributed by atoms with E-state index in [1.807, 2.05) is 30.3 Å². The quantitative estimate of drug-likeness (QED) is 0.869. The second-order valence-corrected chi connectivity index (χ2v) is 8.26. The zero-order chi connectivity index (χ0) is 18.3. The Kier molecular flexibility index (Phi) is 4.26. The maximum Gasteiger partial charge on any atom is 0.230 e. The maximum atomic E-state index is 13.2. The molecule has 2 aromatic rings. The lowest BCUT2D eigenvalue weighted by molar-refractivity contribution is -0.143. The van der Waals surface area contributed by atoms with E-state index in [2.05, 4.69) is 36.9 Å². The lowest BCUT2D eigenvalue weighted by Gasteiger charge is -2.52. The number of carbonyl (C=O) groups is 1. The van der Waals surface area contributed by atoms with Crippen LogP contribution in [0.2, 0.25) is 0 Å². The molecule has 0 radical (unpaired) electrons. The number of phenols is 1. The molecule has 26 heavy (non-hydrogen) atoms. The van der Waals surface area contributed by atoms with Crippen molar-refractivity contribution >= 4 is 5.91 Å². The minimum Gasteiger partial charge on any atom is -0.508 e. The number of nitrogens with zero attached hydrogens (tertiary/aromatic N) is 1. The lowest BCUT2D eigenvalue weighted by atomic mass is 9.64. The summed E-state index contributed by atoms with van der Waals surface area (Å²) in [5.41, 5.74) is 2.31. The van der Waals surface area contributed by atoms with Gasteiger partial charge in [0.25, 0.3) is 0 Å². The van der Waals surface area contributed by atoms with Crippen molar-refractivity contribution in [2.24, 2.45) is 5.92 Å². The Morgan fingerprint density at radius 2 is 1.85 bits per heavy atom. The van der Waals surface area contributed by atoms with Gasteiger partial charge in [0.05, 0.1) is 5.92 Å². The summed E-state index contributed by atoms with van der Waals surface area (Å²) < 4.78 is 0. The molecule has 4 rings (SSSR count). The van der Waals surface area contributed by atoms with Gasteiger partial charge in [0.15, 0.2) is 0 Å². The molecule has 0 spiro atoms. The Balaban J connectivity index is 1.59. The normalized spacial score (nSPS) is 31.5. The van der Waals surface area contributed by atoms with Gasteiger partial charge < -0.3 is 10.0 Å². The highest BCUT2D eigenvalue weighted by Crippen LogP contribution is 2.46. The Bertz CT molecular complexity index is 803. The standard InChI is InChI=1S/C23H27NO2/c1-16-15-24-19(14-23(16,2)18-9-6-10-20(25)13-18)11-12-21(22(24)26)17-7-4-3-5-8-17/h3-10,13,16,19,21,25H,11-12,14-15H2,1-2H3/t16-,19-,21-,23+/m0/s1. The van der Waals surface area contributed by atoms with Gasteiger partial charge in [-0.15, -0.1) is 0 Å². The van der Waals surface area contributed by atoms with Crippen molar-refractivity contribution < 1.29 is 9.90 Å². The molecular weight excluding hydrogens is 322 g/mol. The molecule has 2 saturated heterocycles. The van der Waals surface area contributed by atoms with Gasteiger partial charge in [0, 0.05) is 12.6 Å². The summed E-state index contributed by atoms with van der Waals surface area (Å²) in [6.45, 7) is 5.32. The molecule has 3 nitrogen and oxygen atoms in total. The van der Waals surface area contributed by atoms with Crippen LogP contribution in [-0.2, 0) is 10.2 Å². The number of benzene rings is 2. The summed E-state index contributed by atoms with van der Waals surface area (Å²) in [6.07, 6.45) is 2.94. The minimum atomic E-state index is -0.0141. The number of fused-ring (bicyclic) bond motifs is 1. The van der Waals surface area contributed by atoms with Gasteiger partial charge in [0.2, 0.25) is 5.91 Å². The molecule has 0 saturated carbocycles. The molecule has 1 amide bonds. The highest BCUT2D eigenvalue weighted by atomic mass is 16.3. The predicted octanol–water partition coefficient (Wildman–Crippen LogP) is 4.46. The van der Waals surface area contributed by atoms with Crippen LogP contribution in [-0.4, -0.2) is 28.5 Å². The number of hydrogen-bond donors (Lipinski definition) is 1. The smallest absolute Gasteiger partial charge is 0.230 e. The zero-order valence-corrected chi connectivity index (χ0v) is 15.6.